The van der Waals surface area contributed by atoms with Crippen LogP contribution in [-0.4, -0.2) is 30.2 Å². The zero-order valence-electron chi connectivity index (χ0n) is 11.3. The number of para-hydroxylation sites is 1. The topological polar surface area (TPSA) is 64.3 Å². The van der Waals surface area contributed by atoms with Crippen LogP contribution in [0.25, 0.3) is 0 Å². The minimum absolute atomic E-state index is 0.311. The number of benzene rings is 1. The number of methoxy groups -OCH3 is 1. The molecule has 0 atom stereocenters. The highest BCUT2D eigenvalue weighted by molar-refractivity contribution is 5.60. The largest absolute Gasteiger partial charge is 0.480 e. The van der Waals surface area contributed by atoms with Gasteiger partial charge in [0.05, 0.1) is 25.2 Å². The molecule has 0 amide bonds. The van der Waals surface area contributed by atoms with Gasteiger partial charge in [-0.15, -0.1) is 0 Å². The average Bonchev–Trinajstić information content (AvgIpc) is 2.49. The van der Waals surface area contributed by atoms with Crippen LogP contribution < -0.4 is 15.4 Å². The molecule has 2 N–H and O–H groups in total. The molecule has 0 saturated heterocycles. The van der Waals surface area contributed by atoms with Gasteiger partial charge in [-0.2, -0.15) is 4.98 Å². The number of halogens is 1. The van der Waals surface area contributed by atoms with Crippen molar-refractivity contribution in [3.63, 3.8) is 0 Å². The molecule has 20 heavy (non-hydrogen) atoms. The van der Waals surface area contributed by atoms with Crippen LogP contribution in [0.15, 0.2) is 36.7 Å². The van der Waals surface area contributed by atoms with Gasteiger partial charge in [0, 0.05) is 6.54 Å². The standard InChI is InChI=1S/C14H17FN4O/c1-20-14-10-17-9-13(18-14)19(8-4-7-16)12-6-3-2-5-11(12)15/h2-3,5-6,9-10H,4,7-8,16H2,1H3. The molecule has 0 radical (unpaired) electrons. The first-order chi connectivity index (χ1) is 9.76. The van der Waals surface area contributed by atoms with Crippen LogP contribution in [0.3, 0.4) is 0 Å². The van der Waals surface area contributed by atoms with Crippen molar-refractivity contribution in [2.75, 3.05) is 25.1 Å². The molecule has 1 aromatic carbocycles. The van der Waals surface area contributed by atoms with E-state index >= 15 is 0 Å². The van der Waals surface area contributed by atoms with Crippen molar-refractivity contribution in [3.8, 4) is 5.88 Å². The van der Waals surface area contributed by atoms with E-state index in [0.717, 1.165) is 0 Å². The first kappa shape index (κ1) is 14.2. The van der Waals surface area contributed by atoms with Gasteiger partial charge in [0.25, 0.3) is 0 Å². The van der Waals surface area contributed by atoms with Crippen LogP contribution in [0, 0.1) is 5.82 Å². The third-order valence-electron chi connectivity index (χ3n) is 2.81. The highest BCUT2D eigenvalue weighted by Gasteiger charge is 2.15. The van der Waals surface area contributed by atoms with Crippen molar-refractivity contribution in [1.29, 1.82) is 0 Å². The van der Waals surface area contributed by atoms with Gasteiger partial charge in [-0.25, -0.2) is 4.39 Å². The maximum atomic E-state index is 14.0. The molecule has 6 heteroatoms. The maximum absolute atomic E-state index is 14.0. The van der Waals surface area contributed by atoms with Gasteiger partial charge in [0.1, 0.15) is 5.82 Å². The third-order valence-corrected chi connectivity index (χ3v) is 2.81. The monoisotopic (exact) mass is 276 g/mol. The van der Waals surface area contributed by atoms with Crippen LogP contribution in [0.5, 0.6) is 5.88 Å². The van der Waals surface area contributed by atoms with Crippen LogP contribution in [0.2, 0.25) is 0 Å². The molecule has 2 aromatic rings. The van der Waals surface area contributed by atoms with Crippen molar-refractivity contribution < 1.29 is 9.13 Å². The molecule has 1 heterocycles. The Morgan fingerprint density at radius 2 is 2.10 bits per heavy atom. The Morgan fingerprint density at radius 3 is 2.80 bits per heavy atom. The van der Waals surface area contributed by atoms with Gasteiger partial charge >= 0.3 is 0 Å². The molecule has 0 unspecified atom stereocenters. The Morgan fingerprint density at radius 1 is 1.30 bits per heavy atom. The van der Waals surface area contributed by atoms with E-state index in [1.807, 2.05) is 0 Å². The molecule has 0 saturated carbocycles. The van der Waals surface area contributed by atoms with Gasteiger partial charge in [-0.05, 0) is 25.1 Å². The number of nitrogens with zero attached hydrogens (tertiary/aromatic N) is 3. The number of hydrogen-bond donors (Lipinski definition) is 1. The first-order valence-corrected chi connectivity index (χ1v) is 6.34. The van der Waals surface area contributed by atoms with Gasteiger partial charge in [-0.1, -0.05) is 12.1 Å². The Kier molecular flexibility index (Phi) is 4.84. The van der Waals surface area contributed by atoms with Crippen molar-refractivity contribution in [3.05, 3.63) is 42.5 Å². The summed E-state index contributed by atoms with van der Waals surface area (Å²) in [6.45, 7) is 1.07. The minimum Gasteiger partial charge on any atom is -0.480 e. The fraction of sp³-hybridized carbons (Fsp3) is 0.286. The van der Waals surface area contributed by atoms with Gasteiger partial charge < -0.3 is 15.4 Å². The number of nitrogens with two attached hydrogens (primary N) is 1. The summed E-state index contributed by atoms with van der Waals surface area (Å²) >= 11 is 0. The lowest BCUT2D eigenvalue weighted by atomic mass is 10.2. The summed E-state index contributed by atoms with van der Waals surface area (Å²) in [5.41, 5.74) is 5.99. The Labute approximate surface area is 117 Å². The Balaban J connectivity index is 2.38. The lowest BCUT2D eigenvalue weighted by Crippen LogP contribution is -2.23. The van der Waals surface area contributed by atoms with Crippen LogP contribution in [0.1, 0.15) is 6.42 Å². The van der Waals surface area contributed by atoms with Crippen LogP contribution in [0.4, 0.5) is 15.9 Å². The third kappa shape index (κ3) is 3.21. The van der Waals surface area contributed by atoms with Crippen molar-refractivity contribution in [2.45, 2.75) is 6.42 Å². The fourth-order valence-corrected chi connectivity index (χ4v) is 1.85. The molecule has 1 aromatic heterocycles. The van der Waals surface area contributed by atoms with E-state index < -0.39 is 0 Å². The fourth-order valence-electron chi connectivity index (χ4n) is 1.85. The summed E-state index contributed by atoms with van der Waals surface area (Å²) in [5, 5.41) is 0. The van der Waals surface area contributed by atoms with E-state index in [1.165, 1.54) is 19.4 Å². The molecular formula is C14H17FN4O. The lowest BCUT2D eigenvalue weighted by molar-refractivity contribution is 0.396. The van der Waals surface area contributed by atoms with E-state index in [0.29, 0.717) is 36.9 Å². The number of ether oxygens (including phenoxy) is 1. The van der Waals surface area contributed by atoms with Crippen LogP contribution >= 0.6 is 0 Å². The Hall–Kier alpha value is -2.21. The lowest BCUT2D eigenvalue weighted by Gasteiger charge is -2.24. The van der Waals surface area contributed by atoms with Gasteiger partial charge in [0.15, 0.2) is 5.82 Å². The summed E-state index contributed by atoms with van der Waals surface area (Å²) in [5.74, 6) is 0.605. The maximum Gasteiger partial charge on any atom is 0.234 e. The zero-order valence-corrected chi connectivity index (χ0v) is 11.3. The SMILES string of the molecule is COc1cncc(N(CCCN)c2ccccc2F)n1. The predicted octanol–water partition coefficient (Wildman–Crippen LogP) is 2.11. The summed E-state index contributed by atoms with van der Waals surface area (Å²) in [7, 11) is 1.51. The van der Waals surface area contributed by atoms with Gasteiger partial charge in [-0.3, -0.25) is 4.98 Å². The van der Waals surface area contributed by atoms with E-state index in [1.54, 1.807) is 29.3 Å². The molecular weight excluding hydrogens is 259 g/mol. The number of hydrogen-bond acceptors (Lipinski definition) is 5. The second-order valence-electron chi connectivity index (χ2n) is 4.16. The normalized spacial score (nSPS) is 10.3. The van der Waals surface area contributed by atoms with Crippen molar-refractivity contribution >= 4 is 11.5 Å². The molecule has 0 aliphatic heterocycles. The predicted molar refractivity (Wildman–Crippen MR) is 75.7 cm³/mol. The molecule has 0 aliphatic carbocycles. The number of anilines is 2. The molecule has 106 valence electrons. The minimum atomic E-state index is -0.311. The average molecular weight is 276 g/mol. The molecule has 0 spiro atoms. The van der Waals surface area contributed by atoms with Crippen LogP contribution in [-0.2, 0) is 0 Å². The highest BCUT2D eigenvalue weighted by atomic mass is 19.1. The quantitative estimate of drug-likeness (QED) is 0.875. The van der Waals surface area contributed by atoms with Crippen molar-refractivity contribution in [1.82, 2.24) is 9.97 Å². The smallest absolute Gasteiger partial charge is 0.234 e. The second-order valence-corrected chi connectivity index (χ2v) is 4.16. The Bertz CT molecular complexity index is 564. The van der Waals surface area contributed by atoms with E-state index in [4.69, 9.17) is 10.5 Å². The van der Waals surface area contributed by atoms with Crippen molar-refractivity contribution in [2.24, 2.45) is 5.73 Å². The molecule has 0 bridgehead atoms. The summed E-state index contributed by atoms with van der Waals surface area (Å²) in [4.78, 5) is 10.1. The molecule has 0 fully saturated rings. The second kappa shape index (κ2) is 6.81. The van der Waals surface area contributed by atoms with Gasteiger partial charge in [0.2, 0.25) is 5.88 Å². The summed E-state index contributed by atoms with van der Waals surface area (Å²) in [6, 6.07) is 6.55. The summed E-state index contributed by atoms with van der Waals surface area (Å²) < 4.78 is 19.0. The van der Waals surface area contributed by atoms with E-state index in [-0.39, 0.29) is 5.82 Å². The molecule has 5 nitrogen and oxygen atoms in total. The molecule has 0 aliphatic rings. The molecule has 2 rings (SSSR count). The van der Waals surface area contributed by atoms with E-state index in [2.05, 4.69) is 9.97 Å². The zero-order chi connectivity index (χ0) is 14.4. The first-order valence-electron chi connectivity index (χ1n) is 6.34. The number of aromatic nitrogens is 2. The number of rotatable bonds is 6. The summed E-state index contributed by atoms with van der Waals surface area (Å²) in [6.07, 6.45) is 3.80. The highest BCUT2D eigenvalue weighted by Crippen LogP contribution is 2.26. The van der Waals surface area contributed by atoms with E-state index in [9.17, 15) is 4.39 Å².